The van der Waals surface area contributed by atoms with E-state index in [-0.39, 0.29) is 6.61 Å². The van der Waals surface area contributed by atoms with E-state index in [2.05, 4.69) is 37.1 Å². The minimum absolute atomic E-state index is 0.139. The van der Waals surface area contributed by atoms with E-state index in [1.807, 2.05) is 12.1 Å². The summed E-state index contributed by atoms with van der Waals surface area (Å²) in [4.78, 5) is 2.08. The number of halogens is 1. The normalized spacial score (nSPS) is 12.5. The lowest BCUT2D eigenvalue weighted by Crippen LogP contribution is -2.26. The molecule has 3 nitrogen and oxygen atoms in total. The molecule has 1 unspecified atom stereocenters. The first-order chi connectivity index (χ1) is 9.13. The summed E-state index contributed by atoms with van der Waals surface area (Å²) in [5, 5.41) is 13.3. The molecule has 0 bridgehead atoms. The van der Waals surface area contributed by atoms with Gasteiger partial charge in [0.15, 0.2) is 0 Å². The van der Waals surface area contributed by atoms with Crippen LogP contribution in [0.4, 0.5) is 5.69 Å². The zero-order valence-electron chi connectivity index (χ0n) is 12.1. The molecule has 108 valence electrons. The Morgan fingerprint density at radius 3 is 2.63 bits per heavy atom. The van der Waals surface area contributed by atoms with Gasteiger partial charge in [0.2, 0.25) is 0 Å². The highest BCUT2D eigenvalue weighted by Crippen LogP contribution is 2.28. The summed E-state index contributed by atoms with van der Waals surface area (Å²) in [6.07, 6.45) is 1.12. The zero-order chi connectivity index (χ0) is 14.3. The summed E-state index contributed by atoms with van der Waals surface area (Å²) in [7, 11) is 0. The highest BCUT2D eigenvalue weighted by atomic mass is 35.5. The number of anilines is 1. The largest absolute Gasteiger partial charge is 0.395 e. The molecular formula is C15H25ClN2O. The minimum atomic E-state index is 0.139. The average molecular weight is 285 g/mol. The van der Waals surface area contributed by atoms with Crippen LogP contribution in [0.1, 0.15) is 38.8 Å². The van der Waals surface area contributed by atoms with Gasteiger partial charge in [-0.3, -0.25) is 0 Å². The van der Waals surface area contributed by atoms with Crippen molar-refractivity contribution in [1.82, 2.24) is 5.32 Å². The van der Waals surface area contributed by atoms with Gasteiger partial charge in [0, 0.05) is 19.1 Å². The van der Waals surface area contributed by atoms with Crippen LogP contribution in [-0.4, -0.2) is 31.3 Å². The van der Waals surface area contributed by atoms with Gasteiger partial charge >= 0.3 is 0 Å². The molecule has 0 aromatic heterocycles. The van der Waals surface area contributed by atoms with Gasteiger partial charge in [-0.15, -0.1) is 0 Å². The van der Waals surface area contributed by atoms with E-state index in [4.69, 9.17) is 16.7 Å². The first-order valence-electron chi connectivity index (χ1n) is 7.02. The second-order valence-electron chi connectivity index (χ2n) is 4.69. The van der Waals surface area contributed by atoms with E-state index in [9.17, 15) is 0 Å². The molecule has 0 amide bonds. The summed E-state index contributed by atoms with van der Waals surface area (Å²) in [6, 6.07) is 6.47. The molecule has 1 atom stereocenters. The summed E-state index contributed by atoms with van der Waals surface area (Å²) in [6.45, 7) is 8.95. The Bertz CT molecular complexity index is 384. The fourth-order valence-corrected chi connectivity index (χ4v) is 2.41. The Kier molecular flexibility index (Phi) is 7.21. The number of hydrogen-bond acceptors (Lipinski definition) is 3. The molecule has 4 heteroatoms. The SMILES string of the molecule is CCCNC(C)c1ccc(N(CC)CCO)c(Cl)c1. The molecule has 0 aliphatic carbocycles. The molecule has 0 fully saturated rings. The molecule has 0 aliphatic rings. The van der Waals surface area contributed by atoms with Crippen LogP contribution < -0.4 is 10.2 Å². The Morgan fingerprint density at radius 2 is 2.11 bits per heavy atom. The monoisotopic (exact) mass is 284 g/mol. The van der Waals surface area contributed by atoms with Crippen LogP contribution in [0.25, 0.3) is 0 Å². The van der Waals surface area contributed by atoms with Crippen molar-refractivity contribution in [2.24, 2.45) is 0 Å². The molecular weight excluding hydrogens is 260 g/mol. The van der Waals surface area contributed by atoms with Crippen molar-refractivity contribution >= 4 is 17.3 Å². The van der Waals surface area contributed by atoms with Gasteiger partial charge in [-0.25, -0.2) is 0 Å². The van der Waals surface area contributed by atoms with Crippen LogP contribution in [0, 0.1) is 0 Å². The van der Waals surface area contributed by atoms with Crippen LogP contribution in [0.3, 0.4) is 0 Å². The van der Waals surface area contributed by atoms with Crippen molar-refractivity contribution in [3.05, 3.63) is 28.8 Å². The number of nitrogens with one attached hydrogen (secondary N) is 1. The predicted molar refractivity (Wildman–Crippen MR) is 83.1 cm³/mol. The van der Waals surface area contributed by atoms with E-state index < -0.39 is 0 Å². The van der Waals surface area contributed by atoms with Gasteiger partial charge in [0.1, 0.15) is 0 Å². The van der Waals surface area contributed by atoms with Gasteiger partial charge < -0.3 is 15.3 Å². The van der Waals surface area contributed by atoms with Crippen molar-refractivity contribution in [3.63, 3.8) is 0 Å². The third-order valence-electron chi connectivity index (χ3n) is 3.26. The lowest BCUT2D eigenvalue weighted by atomic mass is 10.1. The molecule has 0 spiro atoms. The third-order valence-corrected chi connectivity index (χ3v) is 3.57. The maximum Gasteiger partial charge on any atom is 0.0642 e. The Morgan fingerprint density at radius 1 is 1.37 bits per heavy atom. The van der Waals surface area contributed by atoms with Crippen LogP contribution in [0.15, 0.2) is 18.2 Å². The number of likely N-dealkylation sites (N-methyl/N-ethyl adjacent to an activating group) is 1. The van der Waals surface area contributed by atoms with Crippen LogP contribution in [0.5, 0.6) is 0 Å². The highest BCUT2D eigenvalue weighted by Gasteiger charge is 2.11. The molecule has 1 rings (SSSR count). The number of benzene rings is 1. The quantitative estimate of drug-likeness (QED) is 0.769. The third kappa shape index (κ3) is 4.68. The average Bonchev–Trinajstić information content (AvgIpc) is 2.42. The number of nitrogens with zero attached hydrogens (tertiary/aromatic N) is 1. The van der Waals surface area contributed by atoms with Gasteiger partial charge in [-0.05, 0) is 44.5 Å². The van der Waals surface area contributed by atoms with E-state index in [1.54, 1.807) is 0 Å². The molecule has 0 aliphatic heterocycles. The van der Waals surface area contributed by atoms with Crippen molar-refractivity contribution in [1.29, 1.82) is 0 Å². The van der Waals surface area contributed by atoms with Crippen molar-refractivity contribution < 1.29 is 5.11 Å². The second-order valence-corrected chi connectivity index (χ2v) is 5.10. The molecule has 2 N–H and O–H groups in total. The van der Waals surface area contributed by atoms with Gasteiger partial charge in [-0.2, -0.15) is 0 Å². The molecule has 1 aromatic rings. The minimum Gasteiger partial charge on any atom is -0.395 e. The fourth-order valence-electron chi connectivity index (χ4n) is 2.10. The smallest absolute Gasteiger partial charge is 0.0642 e. The second kappa shape index (κ2) is 8.41. The van der Waals surface area contributed by atoms with Crippen LogP contribution in [-0.2, 0) is 0 Å². The molecule has 1 aromatic carbocycles. The zero-order valence-corrected chi connectivity index (χ0v) is 12.9. The van der Waals surface area contributed by atoms with Gasteiger partial charge in [0.25, 0.3) is 0 Å². The van der Waals surface area contributed by atoms with E-state index in [0.717, 1.165) is 30.2 Å². The lowest BCUT2D eigenvalue weighted by molar-refractivity contribution is 0.302. The maximum absolute atomic E-state index is 9.07. The summed E-state index contributed by atoms with van der Waals surface area (Å²) >= 11 is 6.37. The Hall–Kier alpha value is -0.770. The van der Waals surface area contributed by atoms with Gasteiger partial charge in [0.05, 0.1) is 17.3 Å². The van der Waals surface area contributed by atoms with Crippen LogP contribution in [0.2, 0.25) is 5.02 Å². The lowest BCUT2D eigenvalue weighted by Gasteiger charge is -2.24. The topological polar surface area (TPSA) is 35.5 Å². The molecule has 0 radical (unpaired) electrons. The van der Waals surface area contributed by atoms with Crippen molar-refractivity contribution in [2.45, 2.75) is 33.2 Å². The fraction of sp³-hybridized carbons (Fsp3) is 0.600. The van der Waals surface area contributed by atoms with Gasteiger partial charge in [-0.1, -0.05) is 24.6 Å². The predicted octanol–water partition coefficient (Wildman–Crippen LogP) is 3.22. The van der Waals surface area contributed by atoms with Crippen LogP contribution >= 0.6 is 11.6 Å². The van der Waals surface area contributed by atoms with E-state index >= 15 is 0 Å². The first-order valence-corrected chi connectivity index (χ1v) is 7.40. The summed E-state index contributed by atoms with van der Waals surface area (Å²) in [5.41, 5.74) is 2.19. The first kappa shape index (κ1) is 16.3. The van der Waals surface area contributed by atoms with E-state index in [1.165, 1.54) is 5.56 Å². The summed E-state index contributed by atoms with van der Waals surface area (Å²) in [5.74, 6) is 0. The summed E-state index contributed by atoms with van der Waals surface area (Å²) < 4.78 is 0. The number of hydrogen-bond donors (Lipinski definition) is 2. The molecule has 0 heterocycles. The van der Waals surface area contributed by atoms with Crippen molar-refractivity contribution in [3.8, 4) is 0 Å². The Labute approximate surface area is 121 Å². The number of rotatable bonds is 8. The number of aliphatic hydroxyl groups is 1. The highest BCUT2D eigenvalue weighted by molar-refractivity contribution is 6.33. The molecule has 0 saturated carbocycles. The maximum atomic E-state index is 9.07. The standard InChI is InChI=1S/C15H25ClN2O/c1-4-8-17-12(3)13-6-7-15(14(16)11-13)18(5-2)9-10-19/h6-7,11-12,17,19H,4-5,8-10H2,1-3H3. The number of aliphatic hydroxyl groups excluding tert-OH is 1. The molecule has 19 heavy (non-hydrogen) atoms. The molecule has 0 saturated heterocycles. The Balaban J connectivity index is 2.84. The van der Waals surface area contributed by atoms with Crippen molar-refractivity contribution in [2.75, 3.05) is 31.1 Å². The van der Waals surface area contributed by atoms with E-state index in [0.29, 0.717) is 12.6 Å².